The summed E-state index contributed by atoms with van der Waals surface area (Å²) in [5.74, 6) is 2.37. The summed E-state index contributed by atoms with van der Waals surface area (Å²) in [4.78, 5) is 17.2. The zero-order valence-electron chi connectivity index (χ0n) is 18.5. The van der Waals surface area contributed by atoms with Gasteiger partial charge in [-0.2, -0.15) is 10.1 Å². The molecule has 0 aliphatic heterocycles. The molecule has 0 saturated carbocycles. The van der Waals surface area contributed by atoms with Crippen molar-refractivity contribution >= 4 is 11.7 Å². The summed E-state index contributed by atoms with van der Waals surface area (Å²) in [6, 6.07) is 17.4. The number of benzene rings is 2. The number of amides is 1. The normalized spacial score (nSPS) is 12.5. The SMILES string of the molecule is CCOc1ccc(-c2noc(CCC(=O)Nc3c4c(nn3-c3ccccc3)CCC4)n2)cc1. The predicted molar refractivity (Wildman–Crippen MR) is 123 cm³/mol. The summed E-state index contributed by atoms with van der Waals surface area (Å²) in [6.07, 6.45) is 3.52. The molecule has 2 aromatic heterocycles. The number of hydrogen-bond acceptors (Lipinski definition) is 6. The fourth-order valence-electron chi connectivity index (χ4n) is 4.03. The molecule has 0 fully saturated rings. The van der Waals surface area contributed by atoms with E-state index in [4.69, 9.17) is 14.4 Å². The van der Waals surface area contributed by atoms with Gasteiger partial charge in [0.15, 0.2) is 0 Å². The summed E-state index contributed by atoms with van der Waals surface area (Å²) in [5.41, 5.74) is 3.95. The molecule has 4 aromatic rings. The minimum atomic E-state index is -0.109. The maximum atomic E-state index is 12.8. The monoisotopic (exact) mass is 443 g/mol. The van der Waals surface area contributed by atoms with E-state index in [0.717, 1.165) is 53.3 Å². The molecule has 1 amide bonds. The van der Waals surface area contributed by atoms with Gasteiger partial charge in [0.1, 0.15) is 11.6 Å². The van der Waals surface area contributed by atoms with Gasteiger partial charge in [-0.15, -0.1) is 0 Å². The van der Waals surface area contributed by atoms with E-state index in [2.05, 4.69) is 15.5 Å². The van der Waals surface area contributed by atoms with E-state index in [-0.39, 0.29) is 12.3 Å². The van der Waals surface area contributed by atoms with Crippen LogP contribution in [0.1, 0.15) is 36.9 Å². The van der Waals surface area contributed by atoms with Crippen LogP contribution in [0, 0.1) is 0 Å². The van der Waals surface area contributed by atoms with Crippen molar-refractivity contribution in [1.82, 2.24) is 19.9 Å². The molecule has 0 spiro atoms. The first-order valence-corrected chi connectivity index (χ1v) is 11.2. The van der Waals surface area contributed by atoms with Gasteiger partial charge in [0.25, 0.3) is 0 Å². The molecular formula is C25H25N5O3. The molecule has 0 unspecified atom stereocenters. The van der Waals surface area contributed by atoms with Crippen molar-refractivity contribution in [2.24, 2.45) is 0 Å². The Kier molecular flexibility index (Phi) is 5.89. The number of carbonyl (C=O) groups is 1. The van der Waals surface area contributed by atoms with Crippen molar-refractivity contribution in [3.8, 4) is 22.8 Å². The van der Waals surface area contributed by atoms with Crippen molar-refractivity contribution in [2.75, 3.05) is 11.9 Å². The molecule has 8 nitrogen and oxygen atoms in total. The average molecular weight is 444 g/mol. The van der Waals surface area contributed by atoms with Crippen LogP contribution < -0.4 is 10.1 Å². The largest absolute Gasteiger partial charge is 0.494 e. The molecule has 8 heteroatoms. The Morgan fingerprint density at radius 2 is 1.94 bits per heavy atom. The van der Waals surface area contributed by atoms with E-state index in [1.54, 1.807) is 0 Å². The molecule has 1 aliphatic carbocycles. The summed E-state index contributed by atoms with van der Waals surface area (Å²) in [6.45, 7) is 2.56. The Balaban J connectivity index is 1.25. The molecule has 0 atom stereocenters. The van der Waals surface area contributed by atoms with Crippen LogP contribution in [0.25, 0.3) is 17.1 Å². The van der Waals surface area contributed by atoms with Crippen LogP contribution in [-0.2, 0) is 24.1 Å². The third kappa shape index (κ3) is 4.50. The molecule has 0 bridgehead atoms. The Morgan fingerprint density at radius 3 is 2.73 bits per heavy atom. The second-order valence-corrected chi connectivity index (χ2v) is 7.89. The number of aromatic nitrogens is 4. The first kappa shape index (κ1) is 20.9. The second-order valence-electron chi connectivity index (χ2n) is 7.89. The number of carbonyl (C=O) groups excluding carboxylic acids is 1. The van der Waals surface area contributed by atoms with E-state index in [1.807, 2.05) is 66.2 Å². The highest BCUT2D eigenvalue weighted by Gasteiger charge is 2.24. The van der Waals surface area contributed by atoms with Gasteiger partial charge in [0.05, 0.1) is 18.0 Å². The highest BCUT2D eigenvalue weighted by Crippen LogP contribution is 2.31. The van der Waals surface area contributed by atoms with Gasteiger partial charge in [-0.3, -0.25) is 4.79 Å². The molecule has 168 valence electrons. The summed E-state index contributed by atoms with van der Waals surface area (Å²) in [5, 5.41) is 11.9. The topological polar surface area (TPSA) is 95.1 Å². The van der Waals surface area contributed by atoms with E-state index < -0.39 is 0 Å². The first-order chi connectivity index (χ1) is 16.2. The number of nitrogens with zero attached hydrogens (tertiary/aromatic N) is 4. The molecule has 33 heavy (non-hydrogen) atoms. The third-order valence-electron chi connectivity index (χ3n) is 5.62. The van der Waals surface area contributed by atoms with Crippen LogP contribution in [0.2, 0.25) is 0 Å². The maximum Gasteiger partial charge on any atom is 0.227 e. The number of rotatable bonds is 8. The number of hydrogen-bond donors (Lipinski definition) is 1. The van der Waals surface area contributed by atoms with Gasteiger partial charge >= 0.3 is 0 Å². The van der Waals surface area contributed by atoms with Gasteiger partial charge in [0.2, 0.25) is 17.6 Å². The van der Waals surface area contributed by atoms with Crippen LogP contribution in [0.3, 0.4) is 0 Å². The first-order valence-electron chi connectivity index (χ1n) is 11.2. The van der Waals surface area contributed by atoms with E-state index in [9.17, 15) is 4.79 Å². The molecular weight excluding hydrogens is 418 g/mol. The van der Waals surface area contributed by atoms with E-state index in [0.29, 0.717) is 24.7 Å². The zero-order valence-corrected chi connectivity index (χ0v) is 18.5. The molecule has 1 aliphatic rings. The molecule has 5 rings (SSSR count). The van der Waals surface area contributed by atoms with Crippen molar-refractivity contribution in [2.45, 2.75) is 39.0 Å². The average Bonchev–Trinajstić information content (AvgIpc) is 3.57. The standard InChI is InChI=1S/C25H25N5O3/c1-2-32-19-13-11-17(12-14-19)24-27-23(33-29-24)16-15-22(31)26-25-20-9-6-10-21(20)28-30(25)18-7-4-3-5-8-18/h3-5,7-8,11-14H,2,6,9-10,15-16H2,1H3,(H,26,31). The van der Waals surface area contributed by atoms with Gasteiger partial charge < -0.3 is 14.6 Å². The van der Waals surface area contributed by atoms with Crippen LogP contribution in [0.5, 0.6) is 5.75 Å². The molecule has 1 N–H and O–H groups in total. The fraction of sp³-hybridized carbons (Fsp3) is 0.280. The fourth-order valence-corrected chi connectivity index (χ4v) is 4.03. The van der Waals surface area contributed by atoms with E-state index >= 15 is 0 Å². The summed E-state index contributed by atoms with van der Waals surface area (Å²) < 4.78 is 12.7. The summed E-state index contributed by atoms with van der Waals surface area (Å²) >= 11 is 0. The van der Waals surface area contributed by atoms with Gasteiger partial charge in [-0.1, -0.05) is 23.4 Å². The number of anilines is 1. The van der Waals surface area contributed by atoms with Crippen molar-refractivity contribution in [3.05, 3.63) is 71.7 Å². The molecule has 0 saturated heterocycles. The minimum absolute atomic E-state index is 0.109. The number of nitrogens with one attached hydrogen (secondary N) is 1. The smallest absolute Gasteiger partial charge is 0.227 e. The number of fused-ring (bicyclic) bond motifs is 1. The highest BCUT2D eigenvalue weighted by molar-refractivity contribution is 5.91. The van der Waals surface area contributed by atoms with Crippen molar-refractivity contribution in [3.63, 3.8) is 0 Å². The lowest BCUT2D eigenvalue weighted by Gasteiger charge is -2.10. The molecule has 2 heterocycles. The van der Waals surface area contributed by atoms with Crippen LogP contribution in [0.15, 0.2) is 59.1 Å². The van der Waals surface area contributed by atoms with Gasteiger partial charge in [-0.05, 0) is 62.6 Å². The third-order valence-corrected chi connectivity index (χ3v) is 5.62. The molecule has 2 aromatic carbocycles. The Hall–Kier alpha value is -3.94. The number of aryl methyl sites for hydroxylation is 2. The maximum absolute atomic E-state index is 12.8. The molecule has 0 radical (unpaired) electrons. The quantitative estimate of drug-likeness (QED) is 0.434. The Morgan fingerprint density at radius 1 is 1.12 bits per heavy atom. The van der Waals surface area contributed by atoms with Crippen LogP contribution in [-0.4, -0.2) is 32.4 Å². The lowest BCUT2D eigenvalue weighted by molar-refractivity contribution is -0.116. The minimum Gasteiger partial charge on any atom is -0.494 e. The van der Waals surface area contributed by atoms with Crippen molar-refractivity contribution in [1.29, 1.82) is 0 Å². The second kappa shape index (κ2) is 9.28. The lowest BCUT2D eigenvalue weighted by Crippen LogP contribution is -2.16. The predicted octanol–water partition coefficient (Wildman–Crippen LogP) is 4.38. The van der Waals surface area contributed by atoms with Crippen LogP contribution in [0.4, 0.5) is 5.82 Å². The van der Waals surface area contributed by atoms with E-state index in [1.165, 1.54) is 0 Å². The van der Waals surface area contributed by atoms with Gasteiger partial charge in [-0.25, -0.2) is 4.68 Å². The zero-order chi connectivity index (χ0) is 22.6. The number of ether oxygens (including phenoxy) is 1. The van der Waals surface area contributed by atoms with Crippen LogP contribution >= 0.6 is 0 Å². The summed E-state index contributed by atoms with van der Waals surface area (Å²) in [7, 11) is 0. The Labute approximate surface area is 191 Å². The van der Waals surface area contributed by atoms with Crippen molar-refractivity contribution < 1.29 is 14.1 Å². The number of para-hydroxylation sites is 1. The highest BCUT2D eigenvalue weighted by atomic mass is 16.5. The lowest BCUT2D eigenvalue weighted by atomic mass is 10.2. The Bertz CT molecular complexity index is 1250. The van der Waals surface area contributed by atoms with Gasteiger partial charge in [0, 0.05) is 24.0 Å².